The summed E-state index contributed by atoms with van der Waals surface area (Å²) in [5.41, 5.74) is 0.465. The van der Waals surface area contributed by atoms with Gasteiger partial charge >= 0.3 is 0 Å². The molecule has 7 nitrogen and oxygen atoms in total. The molecule has 0 unspecified atom stereocenters. The van der Waals surface area contributed by atoms with Crippen LogP contribution in [0.1, 0.15) is 6.92 Å². The lowest BCUT2D eigenvalue weighted by molar-refractivity contribution is -0.114. The number of thioether (sulfide) groups is 1. The van der Waals surface area contributed by atoms with E-state index >= 15 is 0 Å². The predicted molar refractivity (Wildman–Crippen MR) is 106 cm³/mol. The van der Waals surface area contributed by atoms with Crippen LogP contribution < -0.4 is 19.5 Å². The molecule has 0 heterocycles. The molecule has 0 saturated heterocycles. The second kappa shape index (κ2) is 9.63. The fourth-order valence-corrected chi connectivity index (χ4v) is 3.81. The lowest BCUT2D eigenvalue weighted by Gasteiger charge is -2.12. The van der Waals surface area contributed by atoms with Gasteiger partial charge in [-0.05, 0) is 48.7 Å². The standard InChI is InChI=1S/C18H22N2O5S2/c1-13(21)20-17-12-16(8-9-18(17)26-3)27(22,23)19-10-11-25-15-6-4-14(24-2)5-7-15/h4-9,12,19H,10-11H2,1-3H3,(H,20,21). The van der Waals surface area contributed by atoms with Crippen molar-refractivity contribution in [3.8, 4) is 11.5 Å². The van der Waals surface area contributed by atoms with Crippen LogP contribution in [0.3, 0.4) is 0 Å². The number of carbonyl (C=O) groups is 1. The minimum absolute atomic E-state index is 0.0773. The lowest BCUT2D eigenvalue weighted by Crippen LogP contribution is -2.28. The Kier molecular flexibility index (Phi) is 7.52. The molecule has 2 N–H and O–H groups in total. The number of sulfonamides is 1. The molecule has 0 aliphatic rings. The SMILES string of the molecule is COc1ccc(OCCNS(=O)(=O)c2ccc(SC)c(NC(C)=O)c2)cc1. The second-order valence-electron chi connectivity index (χ2n) is 5.47. The van der Waals surface area contributed by atoms with Crippen LogP contribution in [0.25, 0.3) is 0 Å². The first kappa shape index (κ1) is 21.1. The van der Waals surface area contributed by atoms with Crippen molar-refractivity contribution in [1.82, 2.24) is 4.72 Å². The van der Waals surface area contributed by atoms with Gasteiger partial charge in [0.05, 0.1) is 17.7 Å². The van der Waals surface area contributed by atoms with Crippen molar-refractivity contribution < 1.29 is 22.7 Å². The van der Waals surface area contributed by atoms with Gasteiger partial charge in [0, 0.05) is 18.4 Å². The van der Waals surface area contributed by atoms with E-state index in [1.807, 2.05) is 6.26 Å². The third kappa shape index (κ3) is 6.16. The summed E-state index contributed by atoms with van der Waals surface area (Å²) in [6, 6.07) is 11.6. The maximum atomic E-state index is 12.5. The highest BCUT2D eigenvalue weighted by Gasteiger charge is 2.16. The maximum absolute atomic E-state index is 12.5. The van der Waals surface area contributed by atoms with Crippen molar-refractivity contribution in [3.05, 3.63) is 42.5 Å². The first-order chi connectivity index (χ1) is 12.9. The average molecular weight is 411 g/mol. The Morgan fingerprint density at radius 3 is 2.37 bits per heavy atom. The third-order valence-corrected chi connectivity index (χ3v) is 5.77. The summed E-state index contributed by atoms with van der Waals surface area (Å²) >= 11 is 1.42. The molecule has 0 saturated carbocycles. The summed E-state index contributed by atoms with van der Waals surface area (Å²) in [5.74, 6) is 1.07. The van der Waals surface area contributed by atoms with Gasteiger partial charge in [-0.1, -0.05) is 0 Å². The lowest BCUT2D eigenvalue weighted by atomic mass is 10.3. The Morgan fingerprint density at radius 1 is 1.11 bits per heavy atom. The average Bonchev–Trinajstić information content (AvgIpc) is 2.65. The predicted octanol–water partition coefficient (Wildman–Crippen LogP) is 2.73. The van der Waals surface area contributed by atoms with Crippen LogP contribution in [0.2, 0.25) is 0 Å². The minimum atomic E-state index is -3.72. The summed E-state index contributed by atoms with van der Waals surface area (Å²) in [4.78, 5) is 12.2. The van der Waals surface area contributed by atoms with Crippen LogP contribution in [0.15, 0.2) is 52.3 Å². The molecule has 1 amide bonds. The Morgan fingerprint density at radius 2 is 1.78 bits per heavy atom. The molecule has 0 bridgehead atoms. The zero-order chi connectivity index (χ0) is 19.9. The van der Waals surface area contributed by atoms with E-state index in [9.17, 15) is 13.2 Å². The molecule has 2 aromatic rings. The van der Waals surface area contributed by atoms with Gasteiger partial charge in [-0.3, -0.25) is 4.79 Å². The van der Waals surface area contributed by atoms with Gasteiger partial charge < -0.3 is 14.8 Å². The molecule has 0 aromatic heterocycles. The van der Waals surface area contributed by atoms with E-state index in [1.54, 1.807) is 37.4 Å². The molecule has 2 aromatic carbocycles. The molecule has 9 heteroatoms. The first-order valence-corrected chi connectivity index (χ1v) is 10.8. The van der Waals surface area contributed by atoms with Crippen LogP contribution in [0, 0.1) is 0 Å². The molecule has 0 aliphatic heterocycles. The number of amides is 1. The van der Waals surface area contributed by atoms with Crippen molar-refractivity contribution in [1.29, 1.82) is 0 Å². The smallest absolute Gasteiger partial charge is 0.240 e. The van der Waals surface area contributed by atoms with Crippen molar-refractivity contribution in [2.75, 3.05) is 31.8 Å². The molecule has 0 aliphatic carbocycles. The number of methoxy groups -OCH3 is 1. The van der Waals surface area contributed by atoms with Crippen molar-refractivity contribution >= 4 is 33.4 Å². The second-order valence-corrected chi connectivity index (χ2v) is 8.08. The summed E-state index contributed by atoms with van der Waals surface area (Å²) in [6.45, 7) is 1.65. The van der Waals surface area contributed by atoms with Crippen LogP contribution in [-0.4, -0.2) is 40.8 Å². The van der Waals surface area contributed by atoms with Crippen LogP contribution >= 0.6 is 11.8 Å². The third-order valence-electron chi connectivity index (χ3n) is 3.51. The van der Waals surface area contributed by atoms with E-state index in [-0.39, 0.29) is 24.0 Å². The number of hydrogen-bond donors (Lipinski definition) is 2. The Hall–Kier alpha value is -2.23. The molecule has 0 atom stereocenters. The maximum Gasteiger partial charge on any atom is 0.240 e. The Balaban J connectivity index is 1.98. The van der Waals surface area contributed by atoms with Gasteiger partial charge in [-0.2, -0.15) is 0 Å². The molecule has 0 fully saturated rings. The zero-order valence-corrected chi connectivity index (χ0v) is 16.9. The number of anilines is 1. The highest BCUT2D eigenvalue weighted by molar-refractivity contribution is 7.98. The molecule has 2 rings (SSSR count). The molecule has 0 spiro atoms. The van der Waals surface area contributed by atoms with E-state index in [2.05, 4.69) is 10.0 Å². The Bertz CT molecular complexity index is 883. The number of benzene rings is 2. The number of rotatable bonds is 9. The molecule has 146 valence electrons. The fraction of sp³-hybridized carbons (Fsp3) is 0.278. The fourth-order valence-electron chi connectivity index (χ4n) is 2.24. The summed E-state index contributed by atoms with van der Waals surface area (Å²) in [7, 11) is -2.14. The van der Waals surface area contributed by atoms with E-state index in [4.69, 9.17) is 9.47 Å². The Labute approximate surface area is 163 Å². The van der Waals surface area contributed by atoms with Crippen LogP contribution in [0.5, 0.6) is 11.5 Å². The molecular formula is C18H22N2O5S2. The summed E-state index contributed by atoms with van der Waals surface area (Å²) in [5, 5.41) is 2.65. The van der Waals surface area contributed by atoms with Crippen molar-refractivity contribution in [3.63, 3.8) is 0 Å². The van der Waals surface area contributed by atoms with Gasteiger partial charge in [0.25, 0.3) is 0 Å². The largest absolute Gasteiger partial charge is 0.497 e. The quantitative estimate of drug-likeness (QED) is 0.488. The van der Waals surface area contributed by atoms with E-state index in [0.29, 0.717) is 17.2 Å². The topological polar surface area (TPSA) is 93.7 Å². The first-order valence-electron chi connectivity index (χ1n) is 8.08. The van der Waals surface area contributed by atoms with Gasteiger partial charge in [0.1, 0.15) is 18.1 Å². The van der Waals surface area contributed by atoms with Gasteiger partial charge in [-0.15, -0.1) is 11.8 Å². The highest BCUT2D eigenvalue weighted by Crippen LogP contribution is 2.28. The van der Waals surface area contributed by atoms with E-state index in [0.717, 1.165) is 4.90 Å². The molecule has 27 heavy (non-hydrogen) atoms. The molecule has 0 radical (unpaired) electrons. The number of nitrogens with one attached hydrogen (secondary N) is 2. The van der Waals surface area contributed by atoms with Gasteiger partial charge in [0.2, 0.25) is 15.9 Å². The van der Waals surface area contributed by atoms with Crippen molar-refractivity contribution in [2.45, 2.75) is 16.7 Å². The normalized spacial score (nSPS) is 11.1. The van der Waals surface area contributed by atoms with Crippen LogP contribution in [-0.2, 0) is 14.8 Å². The minimum Gasteiger partial charge on any atom is -0.497 e. The summed E-state index contributed by atoms with van der Waals surface area (Å²) < 4.78 is 38.0. The van der Waals surface area contributed by atoms with Crippen molar-refractivity contribution in [2.24, 2.45) is 0 Å². The molecular weight excluding hydrogens is 388 g/mol. The highest BCUT2D eigenvalue weighted by atomic mass is 32.2. The van der Waals surface area contributed by atoms with E-state index in [1.165, 1.54) is 30.8 Å². The monoisotopic (exact) mass is 410 g/mol. The van der Waals surface area contributed by atoms with Gasteiger partial charge in [-0.25, -0.2) is 13.1 Å². The number of ether oxygens (including phenoxy) is 2. The van der Waals surface area contributed by atoms with Gasteiger partial charge in [0.15, 0.2) is 0 Å². The zero-order valence-electron chi connectivity index (χ0n) is 15.3. The summed E-state index contributed by atoms with van der Waals surface area (Å²) in [6.07, 6.45) is 1.85. The number of carbonyl (C=O) groups excluding carboxylic acids is 1. The number of hydrogen-bond acceptors (Lipinski definition) is 6. The van der Waals surface area contributed by atoms with Crippen LogP contribution in [0.4, 0.5) is 5.69 Å². The van der Waals surface area contributed by atoms with E-state index < -0.39 is 10.0 Å².